The van der Waals surface area contributed by atoms with Crippen LogP contribution in [-0.4, -0.2) is 22.2 Å². The molecule has 0 aliphatic heterocycles. The summed E-state index contributed by atoms with van der Waals surface area (Å²) in [6.45, 7) is -0.691. The van der Waals surface area contributed by atoms with Gasteiger partial charge in [-0.1, -0.05) is 6.07 Å². The van der Waals surface area contributed by atoms with Crippen molar-refractivity contribution in [2.75, 3.05) is 0 Å². The molecular weight excluding hydrogens is 141 g/mol. The van der Waals surface area contributed by atoms with Crippen molar-refractivity contribution in [2.45, 2.75) is 13.8 Å². The SMILES string of the molecule is [2H]C([2H])([2H])c1ncc(B(O)O)cc1C. The highest BCUT2D eigenvalue weighted by molar-refractivity contribution is 6.58. The number of pyridine rings is 1. The van der Waals surface area contributed by atoms with E-state index in [0.29, 0.717) is 5.56 Å². The first-order chi connectivity index (χ1) is 6.32. The van der Waals surface area contributed by atoms with Crippen LogP contribution in [0, 0.1) is 13.8 Å². The van der Waals surface area contributed by atoms with E-state index < -0.39 is 14.0 Å². The van der Waals surface area contributed by atoms with Crippen LogP contribution in [0.3, 0.4) is 0 Å². The Bertz CT molecular complexity index is 340. The molecule has 1 heterocycles. The summed E-state index contributed by atoms with van der Waals surface area (Å²) in [7, 11) is -1.62. The van der Waals surface area contributed by atoms with Crippen molar-refractivity contribution >= 4 is 12.6 Å². The Morgan fingerprint density at radius 2 is 2.36 bits per heavy atom. The summed E-state index contributed by atoms with van der Waals surface area (Å²) in [4.78, 5) is 3.69. The monoisotopic (exact) mass is 154 g/mol. The minimum atomic E-state index is -2.26. The summed E-state index contributed by atoms with van der Waals surface area (Å²) in [5.41, 5.74) is 0.605. The molecule has 0 aliphatic rings. The average molecular weight is 154 g/mol. The molecule has 0 spiro atoms. The molecule has 58 valence electrons. The third-order valence-corrected chi connectivity index (χ3v) is 1.40. The molecule has 0 unspecified atom stereocenters. The van der Waals surface area contributed by atoms with Gasteiger partial charge in [0.1, 0.15) is 0 Å². The Labute approximate surface area is 70.1 Å². The van der Waals surface area contributed by atoms with E-state index in [2.05, 4.69) is 4.98 Å². The lowest BCUT2D eigenvalue weighted by Crippen LogP contribution is -2.30. The molecule has 0 radical (unpaired) electrons. The highest BCUT2D eigenvalue weighted by Gasteiger charge is 2.11. The molecular formula is C7H10BNO2. The van der Waals surface area contributed by atoms with Gasteiger partial charge in [0, 0.05) is 21.5 Å². The number of aryl methyl sites for hydroxylation is 2. The van der Waals surface area contributed by atoms with Crippen LogP contribution in [0.4, 0.5) is 0 Å². The maximum Gasteiger partial charge on any atom is 0.490 e. The van der Waals surface area contributed by atoms with Crippen LogP contribution < -0.4 is 5.46 Å². The summed E-state index contributed by atoms with van der Waals surface area (Å²) in [5.74, 6) is 0. The number of nitrogens with zero attached hydrogens (tertiary/aromatic N) is 1. The van der Waals surface area contributed by atoms with Gasteiger partial charge in [0.2, 0.25) is 0 Å². The van der Waals surface area contributed by atoms with Crippen molar-refractivity contribution in [2.24, 2.45) is 0 Å². The van der Waals surface area contributed by atoms with Crippen LogP contribution in [-0.2, 0) is 0 Å². The molecule has 1 rings (SSSR count). The van der Waals surface area contributed by atoms with Crippen molar-refractivity contribution in [3.05, 3.63) is 23.5 Å². The van der Waals surface area contributed by atoms with Crippen LogP contribution >= 0.6 is 0 Å². The van der Waals surface area contributed by atoms with Crippen LogP contribution in [0.1, 0.15) is 15.4 Å². The van der Waals surface area contributed by atoms with E-state index >= 15 is 0 Å². The number of aromatic nitrogens is 1. The summed E-state index contributed by atoms with van der Waals surface area (Å²) in [6, 6.07) is 1.40. The van der Waals surface area contributed by atoms with E-state index in [9.17, 15) is 0 Å². The molecule has 2 N–H and O–H groups in total. The fourth-order valence-electron chi connectivity index (χ4n) is 0.738. The first-order valence-corrected chi connectivity index (χ1v) is 3.15. The third-order valence-electron chi connectivity index (χ3n) is 1.40. The van der Waals surface area contributed by atoms with Crippen molar-refractivity contribution in [3.8, 4) is 0 Å². The van der Waals surface area contributed by atoms with Crippen molar-refractivity contribution in [1.29, 1.82) is 0 Å². The largest absolute Gasteiger partial charge is 0.490 e. The van der Waals surface area contributed by atoms with Crippen LogP contribution in [0.25, 0.3) is 0 Å². The topological polar surface area (TPSA) is 53.4 Å². The second-order valence-electron chi connectivity index (χ2n) is 2.31. The summed E-state index contributed by atoms with van der Waals surface area (Å²) < 4.78 is 21.4. The van der Waals surface area contributed by atoms with E-state index in [1.165, 1.54) is 6.07 Å². The average Bonchev–Trinajstić information content (AvgIpc) is 2.01. The first-order valence-electron chi connectivity index (χ1n) is 4.65. The van der Waals surface area contributed by atoms with Crippen molar-refractivity contribution < 1.29 is 14.2 Å². The minimum absolute atomic E-state index is 0.0121. The van der Waals surface area contributed by atoms with Crippen molar-refractivity contribution in [1.82, 2.24) is 4.98 Å². The van der Waals surface area contributed by atoms with Gasteiger partial charge in [0.25, 0.3) is 0 Å². The highest BCUT2D eigenvalue weighted by atomic mass is 16.4. The minimum Gasteiger partial charge on any atom is -0.423 e. The standard InChI is InChI=1S/C7H10BNO2/c1-5-3-7(8(10)11)4-9-6(5)2/h3-4,10-11H,1-2H3/i2D3. The highest BCUT2D eigenvalue weighted by Crippen LogP contribution is 1.98. The first kappa shape index (κ1) is 4.90. The molecule has 0 aromatic carbocycles. The van der Waals surface area contributed by atoms with Gasteiger partial charge in [-0.05, 0) is 19.3 Å². The fraction of sp³-hybridized carbons (Fsp3) is 0.286. The Hall–Kier alpha value is -0.865. The van der Waals surface area contributed by atoms with Gasteiger partial charge >= 0.3 is 7.12 Å². The van der Waals surface area contributed by atoms with Crippen LogP contribution in [0.15, 0.2) is 12.3 Å². The number of hydrogen-bond donors (Lipinski definition) is 2. The molecule has 0 aliphatic carbocycles. The molecule has 3 nitrogen and oxygen atoms in total. The number of hydrogen-bond acceptors (Lipinski definition) is 3. The van der Waals surface area contributed by atoms with Gasteiger partial charge in [-0.25, -0.2) is 0 Å². The zero-order chi connectivity index (χ0) is 10.9. The molecule has 0 atom stereocenters. The third kappa shape index (κ3) is 1.79. The van der Waals surface area contributed by atoms with E-state index in [1.54, 1.807) is 6.92 Å². The van der Waals surface area contributed by atoms with E-state index in [1.807, 2.05) is 0 Å². The predicted octanol–water partition coefficient (Wildman–Crippen LogP) is -0.622. The van der Waals surface area contributed by atoms with Gasteiger partial charge in [0.15, 0.2) is 0 Å². The van der Waals surface area contributed by atoms with Crippen molar-refractivity contribution in [3.63, 3.8) is 0 Å². The smallest absolute Gasteiger partial charge is 0.423 e. The van der Waals surface area contributed by atoms with Gasteiger partial charge in [-0.3, -0.25) is 4.98 Å². The Kier molecular flexibility index (Phi) is 1.35. The summed E-state index contributed by atoms with van der Waals surface area (Å²) in [6.07, 6.45) is 1.15. The molecule has 1 aromatic rings. The molecule has 0 amide bonds. The molecule has 0 fully saturated rings. The molecule has 1 aromatic heterocycles. The van der Waals surface area contributed by atoms with Gasteiger partial charge < -0.3 is 10.0 Å². The zero-order valence-electron chi connectivity index (χ0n) is 9.07. The second kappa shape index (κ2) is 3.03. The summed E-state index contributed by atoms with van der Waals surface area (Å²) >= 11 is 0. The Morgan fingerprint density at radius 3 is 2.82 bits per heavy atom. The normalized spacial score (nSPS) is 15.0. The number of rotatable bonds is 1. The maximum atomic E-state index is 8.82. The van der Waals surface area contributed by atoms with E-state index in [-0.39, 0.29) is 11.2 Å². The zero-order valence-corrected chi connectivity index (χ0v) is 6.07. The maximum absolute atomic E-state index is 8.82. The lowest BCUT2D eigenvalue weighted by Gasteiger charge is -2.01. The van der Waals surface area contributed by atoms with Gasteiger partial charge in [-0.15, -0.1) is 0 Å². The second-order valence-corrected chi connectivity index (χ2v) is 2.31. The Morgan fingerprint density at radius 1 is 1.64 bits per heavy atom. The molecule has 11 heavy (non-hydrogen) atoms. The predicted molar refractivity (Wildman–Crippen MR) is 43.5 cm³/mol. The Balaban J connectivity index is 3.15. The summed E-state index contributed by atoms with van der Waals surface area (Å²) in [5, 5.41) is 17.6. The van der Waals surface area contributed by atoms with E-state index in [4.69, 9.17) is 14.2 Å². The lowest BCUT2D eigenvalue weighted by molar-refractivity contribution is 0.425. The van der Waals surface area contributed by atoms with E-state index in [0.717, 1.165) is 6.20 Å². The molecule has 0 saturated heterocycles. The quantitative estimate of drug-likeness (QED) is 0.530. The molecule has 0 saturated carbocycles. The van der Waals surface area contributed by atoms with Gasteiger partial charge in [0.05, 0.1) is 0 Å². The molecule has 0 bridgehead atoms. The fourth-order valence-corrected chi connectivity index (χ4v) is 0.738. The van der Waals surface area contributed by atoms with Crippen LogP contribution in [0.2, 0.25) is 0 Å². The van der Waals surface area contributed by atoms with Crippen LogP contribution in [0.5, 0.6) is 0 Å². The lowest BCUT2D eigenvalue weighted by atomic mass is 9.81. The van der Waals surface area contributed by atoms with Gasteiger partial charge in [-0.2, -0.15) is 0 Å². The molecule has 4 heteroatoms.